The second-order valence-corrected chi connectivity index (χ2v) is 6.98. The summed E-state index contributed by atoms with van der Waals surface area (Å²) in [5.41, 5.74) is 1.26. The Morgan fingerprint density at radius 2 is 1.92 bits per heavy atom. The molecule has 7 nitrogen and oxygen atoms in total. The molecule has 2 heterocycles. The number of para-hydroxylation sites is 1. The van der Waals surface area contributed by atoms with Crippen molar-refractivity contribution in [2.75, 3.05) is 45.2 Å². The van der Waals surface area contributed by atoms with Gasteiger partial charge in [-0.25, -0.2) is 4.98 Å². The van der Waals surface area contributed by atoms with Crippen molar-refractivity contribution in [1.82, 2.24) is 14.8 Å². The predicted molar refractivity (Wildman–Crippen MR) is 100 cm³/mol. The molecule has 26 heavy (non-hydrogen) atoms. The van der Waals surface area contributed by atoms with E-state index in [1.54, 1.807) is 17.4 Å². The monoisotopic (exact) mass is 374 g/mol. The van der Waals surface area contributed by atoms with Crippen LogP contribution in [0.5, 0.6) is 0 Å². The number of amides is 2. The van der Waals surface area contributed by atoms with Crippen LogP contribution in [0.2, 0.25) is 0 Å². The minimum atomic E-state index is -0.0583. The first-order chi connectivity index (χ1) is 12.7. The van der Waals surface area contributed by atoms with E-state index in [9.17, 15) is 9.59 Å². The number of methoxy groups -OCH3 is 1. The van der Waals surface area contributed by atoms with E-state index in [1.165, 1.54) is 11.3 Å². The minimum absolute atomic E-state index is 0.0420. The zero-order valence-electron chi connectivity index (χ0n) is 14.7. The summed E-state index contributed by atoms with van der Waals surface area (Å²) in [7, 11) is 1.61. The fourth-order valence-corrected chi connectivity index (χ4v) is 3.53. The van der Waals surface area contributed by atoms with Gasteiger partial charge in [-0.2, -0.15) is 0 Å². The Morgan fingerprint density at radius 3 is 2.62 bits per heavy atom. The first kappa shape index (κ1) is 18.5. The number of thiazole rings is 1. The van der Waals surface area contributed by atoms with Crippen molar-refractivity contribution in [1.29, 1.82) is 0 Å². The zero-order chi connectivity index (χ0) is 18.4. The Bertz CT molecular complexity index is 742. The molecule has 1 saturated heterocycles. The van der Waals surface area contributed by atoms with Crippen molar-refractivity contribution in [2.24, 2.45) is 0 Å². The fraction of sp³-hybridized carbons (Fsp3) is 0.389. The first-order valence-electron chi connectivity index (χ1n) is 8.45. The number of nitrogens with zero attached hydrogens (tertiary/aromatic N) is 3. The molecule has 0 saturated carbocycles. The van der Waals surface area contributed by atoms with E-state index < -0.39 is 0 Å². The van der Waals surface area contributed by atoms with Gasteiger partial charge in [0.25, 0.3) is 5.91 Å². The molecule has 0 atom stereocenters. The fourth-order valence-electron chi connectivity index (χ4n) is 2.80. The average molecular weight is 374 g/mol. The van der Waals surface area contributed by atoms with Crippen LogP contribution in [-0.4, -0.2) is 66.4 Å². The summed E-state index contributed by atoms with van der Waals surface area (Å²) in [4.78, 5) is 32.8. The molecule has 1 aromatic heterocycles. The number of benzene rings is 1. The summed E-state index contributed by atoms with van der Waals surface area (Å²) >= 11 is 1.43. The number of nitrogens with one attached hydrogen (secondary N) is 1. The number of aromatic nitrogens is 1. The summed E-state index contributed by atoms with van der Waals surface area (Å²) in [6.45, 7) is 3.27. The largest absolute Gasteiger partial charge is 0.378 e. The van der Waals surface area contributed by atoms with Crippen LogP contribution < -0.4 is 5.32 Å². The normalized spacial score (nSPS) is 15.0. The predicted octanol–water partition coefficient (Wildman–Crippen LogP) is 1.69. The van der Waals surface area contributed by atoms with Crippen molar-refractivity contribution in [2.45, 2.75) is 6.61 Å². The molecule has 1 aliphatic rings. The molecule has 1 N–H and O–H groups in total. The van der Waals surface area contributed by atoms with Gasteiger partial charge in [-0.3, -0.25) is 14.5 Å². The van der Waals surface area contributed by atoms with Gasteiger partial charge in [0.1, 0.15) is 10.7 Å². The smallest absolute Gasteiger partial charge is 0.273 e. The lowest BCUT2D eigenvalue weighted by Gasteiger charge is -2.33. The maximum Gasteiger partial charge on any atom is 0.273 e. The van der Waals surface area contributed by atoms with Gasteiger partial charge in [-0.05, 0) is 12.1 Å². The van der Waals surface area contributed by atoms with Crippen molar-refractivity contribution in [3.05, 3.63) is 46.4 Å². The minimum Gasteiger partial charge on any atom is -0.378 e. The molecular formula is C18H22N4O3S. The van der Waals surface area contributed by atoms with E-state index in [0.29, 0.717) is 45.0 Å². The zero-order valence-corrected chi connectivity index (χ0v) is 15.5. The lowest BCUT2D eigenvalue weighted by Crippen LogP contribution is -2.50. The van der Waals surface area contributed by atoms with E-state index in [1.807, 2.05) is 30.3 Å². The Hall–Kier alpha value is -2.29. The standard InChI is InChI=1S/C18H22N4O3S/c1-25-12-17-20-15(13-26-17)18(24)22-9-7-21(8-10-22)11-16(23)19-14-5-3-2-4-6-14/h2-6,13H,7-12H2,1H3,(H,19,23). The Morgan fingerprint density at radius 1 is 1.19 bits per heavy atom. The van der Waals surface area contributed by atoms with E-state index in [4.69, 9.17) is 4.74 Å². The number of carbonyl (C=O) groups is 2. The third-order valence-electron chi connectivity index (χ3n) is 4.12. The van der Waals surface area contributed by atoms with Crippen LogP contribution in [0.1, 0.15) is 15.5 Å². The van der Waals surface area contributed by atoms with Crippen LogP contribution in [0, 0.1) is 0 Å². The topological polar surface area (TPSA) is 74.8 Å². The highest BCUT2D eigenvalue weighted by Gasteiger charge is 2.24. The molecule has 0 radical (unpaired) electrons. The molecule has 2 aromatic rings. The molecule has 0 aliphatic carbocycles. The van der Waals surface area contributed by atoms with Crippen LogP contribution in [0.3, 0.4) is 0 Å². The van der Waals surface area contributed by atoms with Gasteiger partial charge in [-0.15, -0.1) is 11.3 Å². The number of piperazine rings is 1. The molecule has 8 heteroatoms. The van der Waals surface area contributed by atoms with E-state index >= 15 is 0 Å². The van der Waals surface area contributed by atoms with Crippen LogP contribution in [0.4, 0.5) is 5.69 Å². The molecule has 2 amide bonds. The Kier molecular flexibility index (Phi) is 6.32. The maximum atomic E-state index is 12.5. The number of carbonyl (C=O) groups excluding carboxylic acids is 2. The molecule has 138 valence electrons. The van der Waals surface area contributed by atoms with Gasteiger partial charge in [0, 0.05) is 44.4 Å². The van der Waals surface area contributed by atoms with Gasteiger partial charge in [-0.1, -0.05) is 18.2 Å². The van der Waals surface area contributed by atoms with Crippen molar-refractivity contribution in [3.8, 4) is 0 Å². The number of rotatable bonds is 6. The molecule has 0 unspecified atom stereocenters. The quantitative estimate of drug-likeness (QED) is 0.833. The van der Waals surface area contributed by atoms with Crippen LogP contribution in [0.15, 0.2) is 35.7 Å². The SMILES string of the molecule is COCc1nc(C(=O)N2CCN(CC(=O)Nc3ccccc3)CC2)cs1. The highest BCUT2D eigenvalue weighted by atomic mass is 32.1. The molecule has 0 spiro atoms. The number of hydrogen-bond donors (Lipinski definition) is 1. The van der Waals surface area contributed by atoms with Gasteiger partial charge in [0.05, 0.1) is 13.2 Å². The molecular weight excluding hydrogens is 352 g/mol. The highest BCUT2D eigenvalue weighted by Crippen LogP contribution is 2.14. The van der Waals surface area contributed by atoms with Gasteiger partial charge >= 0.3 is 0 Å². The second kappa shape index (κ2) is 8.88. The molecule has 0 bridgehead atoms. The van der Waals surface area contributed by atoms with Gasteiger partial charge in [0.15, 0.2) is 0 Å². The second-order valence-electron chi connectivity index (χ2n) is 6.04. The summed E-state index contributed by atoms with van der Waals surface area (Å²) in [5, 5.41) is 5.45. The molecule has 1 aromatic carbocycles. The summed E-state index contributed by atoms with van der Waals surface area (Å²) in [6.07, 6.45) is 0. The molecule has 3 rings (SSSR count). The van der Waals surface area contributed by atoms with Crippen LogP contribution in [-0.2, 0) is 16.1 Å². The van der Waals surface area contributed by atoms with Crippen molar-refractivity contribution in [3.63, 3.8) is 0 Å². The van der Waals surface area contributed by atoms with Crippen LogP contribution in [0.25, 0.3) is 0 Å². The van der Waals surface area contributed by atoms with Crippen molar-refractivity contribution < 1.29 is 14.3 Å². The molecule has 1 fully saturated rings. The van der Waals surface area contributed by atoms with Gasteiger partial charge in [0.2, 0.25) is 5.91 Å². The summed E-state index contributed by atoms with van der Waals surface area (Å²) in [6, 6.07) is 9.40. The summed E-state index contributed by atoms with van der Waals surface area (Å²) in [5.74, 6) is -0.100. The third kappa shape index (κ3) is 4.87. The average Bonchev–Trinajstić information content (AvgIpc) is 3.11. The van der Waals surface area contributed by atoms with E-state index in [0.717, 1.165) is 10.7 Å². The van der Waals surface area contributed by atoms with Crippen molar-refractivity contribution >= 4 is 28.8 Å². The first-order valence-corrected chi connectivity index (χ1v) is 9.33. The van der Waals surface area contributed by atoms with Crippen LogP contribution >= 0.6 is 11.3 Å². The van der Waals surface area contributed by atoms with Gasteiger partial charge < -0.3 is 15.0 Å². The third-order valence-corrected chi connectivity index (χ3v) is 4.95. The molecule has 1 aliphatic heterocycles. The number of ether oxygens (including phenoxy) is 1. The lowest BCUT2D eigenvalue weighted by atomic mass is 10.2. The van der Waals surface area contributed by atoms with E-state index in [-0.39, 0.29) is 11.8 Å². The van der Waals surface area contributed by atoms with E-state index in [2.05, 4.69) is 15.2 Å². The lowest BCUT2D eigenvalue weighted by molar-refractivity contribution is -0.117. The highest BCUT2D eigenvalue weighted by molar-refractivity contribution is 7.09. The Labute approximate surface area is 156 Å². The maximum absolute atomic E-state index is 12.5. The summed E-state index contributed by atoms with van der Waals surface area (Å²) < 4.78 is 5.04. The number of hydrogen-bond acceptors (Lipinski definition) is 6. The Balaban J connectivity index is 1.46. The number of anilines is 1.